The predicted octanol–water partition coefficient (Wildman–Crippen LogP) is -0.301. The van der Waals surface area contributed by atoms with Gasteiger partial charge in [-0.15, -0.1) is 0 Å². The molecule has 0 unspecified atom stereocenters. The molecule has 0 heterocycles. The van der Waals surface area contributed by atoms with Gasteiger partial charge in [0.2, 0.25) is 5.91 Å². The van der Waals surface area contributed by atoms with E-state index in [4.69, 9.17) is 0 Å². The molecule has 0 aliphatic heterocycles. The van der Waals surface area contributed by atoms with Gasteiger partial charge in [0.1, 0.15) is 0 Å². The Labute approximate surface area is 56.0 Å². The van der Waals surface area contributed by atoms with Crippen LogP contribution in [0.4, 0.5) is 0 Å². The Morgan fingerprint density at radius 3 is 2.44 bits per heavy atom. The second kappa shape index (κ2) is 4.32. The van der Waals surface area contributed by atoms with Gasteiger partial charge < -0.3 is 4.90 Å². The number of nitrogens with zero attached hydrogens (tertiary/aromatic N) is 2. The van der Waals surface area contributed by atoms with E-state index >= 15 is 0 Å². The molecule has 1 amide bonds. The van der Waals surface area contributed by atoms with Crippen LogP contribution < -0.4 is 5.32 Å². The highest BCUT2D eigenvalue weighted by Gasteiger charge is 1.98. The number of rotatable bonds is 3. The zero-order chi connectivity index (χ0) is 7.28. The lowest BCUT2D eigenvalue weighted by molar-refractivity contribution is -0.121. The van der Waals surface area contributed by atoms with Crippen molar-refractivity contribution in [3.63, 3.8) is 0 Å². The maximum absolute atomic E-state index is 10.5. The fourth-order valence-electron chi connectivity index (χ4n) is 0.431. The van der Waals surface area contributed by atoms with E-state index < -0.39 is 0 Å². The number of carbonyl (C=O) groups excluding carboxylic acids is 1. The Hall–Kier alpha value is -0.570. The lowest BCUT2D eigenvalue weighted by Crippen LogP contribution is -2.20. The van der Waals surface area contributed by atoms with E-state index in [9.17, 15) is 4.79 Å². The number of hydrogen-bond acceptors (Lipinski definition) is 2. The molecule has 0 N–H and O–H groups in total. The molecule has 3 heteroatoms. The van der Waals surface area contributed by atoms with Gasteiger partial charge in [0.15, 0.2) is 0 Å². The highest BCUT2D eigenvalue weighted by atomic mass is 16.1. The molecule has 0 aromatic heterocycles. The lowest BCUT2D eigenvalue weighted by Gasteiger charge is -2.06. The van der Waals surface area contributed by atoms with Crippen LogP contribution >= 0.6 is 0 Å². The van der Waals surface area contributed by atoms with Crippen LogP contribution in [0, 0.1) is 0 Å². The van der Waals surface area contributed by atoms with Crippen molar-refractivity contribution in [2.24, 2.45) is 0 Å². The maximum atomic E-state index is 10.5. The van der Waals surface area contributed by atoms with Gasteiger partial charge in [-0.1, -0.05) is 0 Å². The van der Waals surface area contributed by atoms with E-state index in [0.29, 0.717) is 6.42 Å². The summed E-state index contributed by atoms with van der Waals surface area (Å²) < 4.78 is 0. The van der Waals surface area contributed by atoms with Crippen molar-refractivity contribution in [1.29, 1.82) is 0 Å². The molecule has 9 heavy (non-hydrogen) atoms. The third kappa shape index (κ3) is 5.30. The summed E-state index contributed by atoms with van der Waals surface area (Å²) in [5.74, 6) is -0.0244. The highest BCUT2D eigenvalue weighted by molar-refractivity contribution is 5.75. The molecule has 0 saturated heterocycles. The van der Waals surface area contributed by atoms with E-state index in [1.165, 1.54) is 7.05 Å². The van der Waals surface area contributed by atoms with Gasteiger partial charge in [0.25, 0.3) is 0 Å². The minimum atomic E-state index is -0.0244. The molecular formula is C6H13N2O. The minimum Gasteiger partial charge on any atom is -0.309 e. The standard InChI is InChI=1S/C6H13N2O/c1-7-6(9)4-5-8(2)3/h4-5H2,1-3H3. The molecule has 0 bridgehead atoms. The van der Waals surface area contributed by atoms with Crippen LogP contribution in [0.3, 0.4) is 0 Å². The second-order valence-electron chi connectivity index (χ2n) is 2.17. The predicted molar refractivity (Wildman–Crippen MR) is 36.2 cm³/mol. The van der Waals surface area contributed by atoms with Gasteiger partial charge in [-0.2, -0.15) is 0 Å². The van der Waals surface area contributed by atoms with Crippen molar-refractivity contribution in [3.05, 3.63) is 0 Å². The van der Waals surface area contributed by atoms with Crippen molar-refractivity contribution >= 4 is 5.91 Å². The Morgan fingerprint density at radius 1 is 1.56 bits per heavy atom. The Bertz CT molecular complexity index is 91.1. The van der Waals surface area contributed by atoms with Crippen LogP contribution in [0.1, 0.15) is 6.42 Å². The quantitative estimate of drug-likeness (QED) is 0.524. The Balaban J connectivity index is 3.17. The first-order valence-corrected chi connectivity index (χ1v) is 2.94. The summed E-state index contributed by atoms with van der Waals surface area (Å²) in [5, 5.41) is 3.49. The summed E-state index contributed by atoms with van der Waals surface area (Å²) in [4.78, 5) is 12.5. The van der Waals surface area contributed by atoms with Gasteiger partial charge in [-0.05, 0) is 14.1 Å². The van der Waals surface area contributed by atoms with Crippen LogP contribution in [0.2, 0.25) is 0 Å². The van der Waals surface area contributed by atoms with E-state index in [-0.39, 0.29) is 5.91 Å². The molecule has 0 rings (SSSR count). The van der Waals surface area contributed by atoms with Crippen LogP contribution in [0.5, 0.6) is 0 Å². The summed E-state index contributed by atoms with van der Waals surface area (Å²) in [6, 6.07) is 0. The highest BCUT2D eigenvalue weighted by Crippen LogP contribution is 1.81. The van der Waals surface area contributed by atoms with Crippen molar-refractivity contribution in [1.82, 2.24) is 10.2 Å². The van der Waals surface area contributed by atoms with Gasteiger partial charge >= 0.3 is 0 Å². The summed E-state index contributed by atoms with van der Waals surface area (Å²) in [6.07, 6.45) is 0.531. The first-order chi connectivity index (χ1) is 4.16. The zero-order valence-electron chi connectivity index (χ0n) is 6.22. The van der Waals surface area contributed by atoms with E-state index in [2.05, 4.69) is 5.32 Å². The third-order valence-corrected chi connectivity index (χ3v) is 1.02. The van der Waals surface area contributed by atoms with Crippen LogP contribution in [0.15, 0.2) is 0 Å². The first-order valence-electron chi connectivity index (χ1n) is 2.94. The normalized spacial score (nSPS) is 9.78. The third-order valence-electron chi connectivity index (χ3n) is 1.02. The Kier molecular flexibility index (Phi) is 4.05. The van der Waals surface area contributed by atoms with Gasteiger partial charge in [0, 0.05) is 20.0 Å². The maximum Gasteiger partial charge on any atom is 0.242 e. The number of carbonyl (C=O) groups is 1. The average molecular weight is 129 g/mol. The van der Waals surface area contributed by atoms with Crippen LogP contribution in [-0.4, -0.2) is 38.5 Å². The van der Waals surface area contributed by atoms with E-state index in [0.717, 1.165) is 6.54 Å². The van der Waals surface area contributed by atoms with Crippen molar-refractivity contribution in [2.45, 2.75) is 6.42 Å². The largest absolute Gasteiger partial charge is 0.309 e. The molecule has 0 fully saturated rings. The van der Waals surface area contributed by atoms with Crippen molar-refractivity contribution in [3.8, 4) is 0 Å². The van der Waals surface area contributed by atoms with E-state index in [1.54, 1.807) is 0 Å². The molecule has 0 aromatic rings. The molecule has 53 valence electrons. The summed E-state index contributed by atoms with van der Waals surface area (Å²) in [6.45, 7) is 0.788. The molecule has 0 atom stereocenters. The summed E-state index contributed by atoms with van der Waals surface area (Å²) in [5.41, 5.74) is 0. The fourth-order valence-corrected chi connectivity index (χ4v) is 0.431. The molecule has 0 spiro atoms. The van der Waals surface area contributed by atoms with E-state index in [1.807, 2.05) is 19.0 Å². The molecule has 1 radical (unpaired) electrons. The van der Waals surface area contributed by atoms with Gasteiger partial charge in [0.05, 0.1) is 0 Å². The lowest BCUT2D eigenvalue weighted by atomic mass is 10.4. The molecule has 0 aliphatic carbocycles. The first kappa shape index (κ1) is 8.43. The topological polar surface area (TPSA) is 34.4 Å². The summed E-state index contributed by atoms with van der Waals surface area (Å²) >= 11 is 0. The fraction of sp³-hybridized carbons (Fsp3) is 0.833. The van der Waals surface area contributed by atoms with Crippen LogP contribution in [-0.2, 0) is 4.79 Å². The zero-order valence-corrected chi connectivity index (χ0v) is 6.22. The smallest absolute Gasteiger partial charge is 0.242 e. The second-order valence-corrected chi connectivity index (χ2v) is 2.17. The molecule has 0 aromatic carbocycles. The number of amides is 1. The summed E-state index contributed by atoms with van der Waals surface area (Å²) in [7, 11) is 5.39. The minimum absolute atomic E-state index is 0.0244. The SMILES string of the molecule is C[N]C(=O)CCN(C)C. The molecule has 0 saturated carbocycles. The molecule has 0 aliphatic rings. The van der Waals surface area contributed by atoms with Gasteiger partial charge in [-0.3, -0.25) is 10.1 Å². The van der Waals surface area contributed by atoms with Crippen molar-refractivity contribution in [2.75, 3.05) is 27.7 Å². The van der Waals surface area contributed by atoms with Crippen LogP contribution in [0.25, 0.3) is 0 Å². The van der Waals surface area contributed by atoms with Crippen molar-refractivity contribution < 1.29 is 4.79 Å². The molecular weight excluding hydrogens is 116 g/mol. The average Bonchev–Trinajstić information content (AvgIpc) is 1.83. The van der Waals surface area contributed by atoms with Gasteiger partial charge in [-0.25, -0.2) is 0 Å². The monoisotopic (exact) mass is 129 g/mol. The number of hydrogen-bond donors (Lipinski definition) is 0. The molecule has 3 nitrogen and oxygen atoms in total. The Morgan fingerprint density at radius 2 is 2.11 bits per heavy atom.